The van der Waals surface area contributed by atoms with Gasteiger partial charge < -0.3 is 10.6 Å². The van der Waals surface area contributed by atoms with E-state index in [0.717, 1.165) is 36.1 Å². The molecule has 1 aliphatic rings. The molecule has 2 aromatic rings. The predicted molar refractivity (Wildman–Crippen MR) is 102 cm³/mol. The van der Waals surface area contributed by atoms with Gasteiger partial charge in [0, 0.05) is 23.9 Å². The molecule has 2 N–H and O–H groups in total. The SMILES string of the molecule is O=C(NCCNC(=O)C1CCCCC1)c1ccc(-c2ccc(F)cc2)s1. The van der Waals surface area contributed by atoms with Gasteiger partial charge in [-0.05, 0) is 42.7 Å². The zero-order valence-electron chi connectivity index (χ0n) is 14.6. The number of nitrogens with one attached hydrogen (secondary N) is 2. The molecule has 0 atom stereocenters. The molecule has 2 amide bonds. The number of thiophene rings is 1. The van der Waals surface area contributed by atoms with E-state index in [-0.39, 0.29) is 23.5 Å². The summed E-state index contributed by atoms with van der Waals surface area (Å²) in [6.45, 7) is 0.846. The Balaban J connectivity index is 1.43. The summed E-state index contributed by atoms with van der Waals surface area (Å²) in [7, 11) is 0. The highest BCUT2D eigenvalue weighted by molar-refractivity contribution is 7.17. The Hall–Kier alpha value is -2.21. The lowest BCUT2D eigenvalue weighted by atomic mass is 9.89. The summed E-state index contributed by atoms with van der Waals surface area (Å²) in [4.78, 5) is 25.8. The fourth-order valence-corrected chi connectivity index (χ4v) is 4.12. The summed E-state index contributed by atoms with van der Waals surface area (Å²) in [5, 5.41) is 5.74. The lowest BCUT2D eigenvalue weighted by Gasteiger charge is -2.20. The van der Waals surface area contributed by atoms with Gasteiger partial charge >= 0.3 is 0 Å². The highest BCUT2D eigenvalue weighted by atomic mass is 32.1. The first kappa shape index (κ1) is 18.6. The molecule has 26 heavy (non-hydrogen) atoms. The Morgan fingerprint density at radius 3 is 2.38 bits per heavy atom. The molecule has 0 unspecified atom stereocenters. The summed E-state index contributed by atoms with van der Waals surface area (Å²) in [6, 6.07) is 9.83. The topological polar surface area (TPSA) is 58.2 Å². The van der Waals surface area contributed by atoms with Crippen LogP contribution >= 0.6 is 11.3 Å². The van der Waals surface area contributed by atoms with Crippen LogP contribution in [0.1, 0.15) is 41.8 Å². The van der Waals surface area contributed by atoms with Crippen molar-refractivity contribution in [3.8, 4) is 10.4 Å². The number of rotatable bonds is 6. The van der Waals surface area contributed by atoms with Crippen molar-refractivity contribution in [2.75, 3.05) is 13.1 Å². The van der Waals surface area contributed by atoms with E-state index in [9.17, 15) is 14.0 Å². The van der Waals surface area contributed by atoms with E-state index >= 15 is 0 Å². The second-order valence-electron chi connectivity index (χ2n) is 6.55. The van der Waals surface area contributed by atoms with Crippen molar-refractivity contribution < 1.29 is 14.0 Å². The van der Waals surface area contributed by atoms with Crippen molar-refractivity contribution in [1.82, 2.24) is 10.6 Å². The molecule has 0 spiro atoms. The first-order valence-corrected chi connectivity index (χ1v) is 9.87. The number of benzene rings is 1. The largest absolute Gasteiger partial charge is 0.354 e. The van der Waals surface area contributed by atoms with E-state index < -0.39 is 0 Å². The quantitative estimate of drug-likeness (QED) is 0.752. The van der Waals surface area contributed by atoms with Crippen molar-refractivity contribution in [3.63, 3.8) is 0 Å². The summed E-state index contributed by atoms with van der Waals surface area (Å²) < 4.78 is 13.0. The molecule has 0 aliphatic heterocycles. The smallest absolute Gasteiger partial charge is 0.261 e. The van der Waals surface area contributed by atoms with Gasteiger partial charge in [-0.2, -0.15) is 0 Å². The Kier molecular flexibility index (Phi) is 6.39. The minimum Gasteiger partial charge on any atom is -0.354 e. The van der Waals surface area contributed by atoms with Crippen LogP contribution in [0.15, 0.2) is 36.4 Å². The van der Waals surface area contributed by atoms with Gasteiger partial charge in [-0.1, -0.05) is 31.4 Å². The Labute approximate surface area is 156 Å². The van der Waals surface area contributed by atoms with E-state index in [1.807, 2.05) is 6.07 Å². The predicted octanol–water partition coefficient (Wildman–Crippen LogP) is 3.98. The van der Waals surface area contributed by atoms with Gasteiger partial charge in [0.25, 0.3) is 5.91 Å². The molecule has 0 bridgehead atoms. The first-order valence-electron chi connectivity index (χ1n) is 9.05. The number of hydrogen-bond donors (Lipinski definition) is 2. The van der Waals surface area contributed by atoms with Crippen LogP contribution in [0, 0.1) is 11.7 Å². The molecule has 1 heterocycles. The third-order valence-corrected chi connectivity index (χ3v) is 5.78. The first-order chi connectivity index (χ1) is 12.6. The molecule has 0 saturated heterocycles. The van der Waals surface area contributed by atoms with Crippen LogP contribution in [0.2, 0.25) is 0 Å². The van der Waals surface area contributed by atoms with Crippen LogP contribution in [-0.2, 0) is 4.79 Å². The maximum absolute atomic E-state index is 13.0. The lowest BCUT2D eigenvalue weighted by Crippen LogP contribution is -2.38. The lowest BCUT2D eigenvalue weighted by molar-refractivity contribution is -0.125. The fourth-order valence-electron chi connectivity index (χ4n) is 3.19. The average molecular weight is 374 g/mol. The minimum absolute atomic E-state index is 0.105. The molecular formula is C20H23FN2O2S. The molecule has 1 aromatic carbocycles. The normalized spacial score (nSPS) is 14.8. The number of hydrogen-bond acceptors (Lipinski definition) is 3. The van der Waals surface area contributed by atoms with Crippen molar-refractivity contribution in [2.24, 2.45) is 5.92 Å². The number of carbonyl (C=O) groups excluding carboxylic acids is 2. The highest BCUT2D eigenvalue weighted by Gasteiger charge is 2.20. The molecule has 4 nitrogen and oxygen atoms in total. The number of amides is 2. The number of halogens is 1. The number of carbonyl (C=O) groups is 2. The molecule has 0 radical (unpaired) electrons. The summed E-state index contributed by atoms with van der Waals surface area (Å²) in [5.41, 5.74) is 0.884. The third kappa shape index (κ3) is 4.91. The van der Waals surface area contributed by atoms with Gasteiger partial charge in [0.2, 0.25) is 5.91 Å². The van der Waals surface area contributed by atoms with Gasteiger partial charge in [-0.25, -0.2) is 4.39 Å². The highest BCUT2D eigenvalue weighted by Crippen LogP contribution is 2.28. The standard InChI is InChI=1S/C20H23FN2O2S/c21-16-8-6-14(7-9-16)17-10-11-18(26-17)20(25)23-13-12-22-19(24)15-4-2-1-3-5-15/h6-11,15H,1-5,12-13H2,(H,22,24)(H,23,25). The molecule has 3 rings (SSSR count). The van der Waals surface area contributed by atoms with Gasteiger partial charge in [0.15, 0.2) is 0 Å². The Morgan fingerprint density at radius 2 is 1.65 bits per heavy atom. The maximum Gasteiger partial charge on any atom is 0.261 e. The van der Waals surface area contributed by atoms with E-state index in [4.69, 9.17) is 0 Å². The van der Waals surface area contributed by atoms with Gasteiger partial charge in [-0.15, -0.1) is 11.3 Å². The molecule has 1 fully saturated rings. The average Bonchev–Trinajstić information content (AvgIpc) is 3.16. The second kappa shape index (κ2) is 8.94. The van der Waals surface area contributed by atoms with E-state index in [1.54, 1.807) is 18.2 Å². The van der Waals surface area contributed by atoms with Crippen LogP contribution in [0.3, 0.4) is 0 Å². The maximum atomic E-state index is 13.0. The fraction of sp³-hybridized carbons (Fsp3) is 0.400. The Bertz CT molecular complexity index is 751. The van der Waals surface area contributed by atoms with Gasteiger partial charge in [0.1, 0.15) is 5.82 Å². The van der Waals surface area contributed by atoms with Crippen LogP contribution < -0.4 is 10.6 Å². The molecule has 6 heteroatoms. The molecular weight excluding hydrogens is 351 g/mol. The second-order valence-corrected chi connectivity index (χ2v) is 7.64. The van der Waals surface area contributed by atoms with Crippen molar-refractivity contribution >= 4 is 23.2 Å². The molecule has 138 valence electrons. The van der Waals surface area contributed by atoms with Gasteiger partial charge in [0.05, 0.1) is 4.88 Å². The molecule has 1 aromatic heterocycles. The zero-order chi connectivity index (χ0) is 18.4. The van der Waals surface area contributed by atoms with Crippen molar-refractivity contribution in [2.45, 2.75) is 32.1 Å². The van der Waals surface area contributed by atoms with Crippen LogP contribution in [0.25, 0.3) is 10.4 Å². The third-order valence-electron chi connectivity index (χ3n) is 4.64. The van der Waals surface area contributed by atoms with Crippen molar-refractivity contribution in [1.29, 1.82) is 0 Å². The summed E-state index contributed by atoms with van der Waals surface area (Å²) in [6.07, 6.45) is 5.42. The van der Waals surface area contributed by atoms with E-state index in [1.165, 1.54) is 29.9 Å². The van der Waals surface area contributed by atoms with Crippen LogP contribution in [0.4, 0.5) is 4.39 Å². The van der Waals surface area contributed by atoms with Gasteiger partial charge in [-0.3, -0.25) is 9.59 Å². The monoisotopic (exact) mass is 374 g/mol. The summed E-state index contributed by atoms with van der Waals surface area (Å²) >= 11 is 1.37. The Morgan fingerprint density at radius 1 is 0.962 bits per heavy atom. The van der Waals surface area contributed by atoms with Crippen LogP contribution in [-0.4, -0.2) is 24.9 Å². The summed E-state index contributed by atoms with van der Waals surface area (Å²) in [5.74, 6) is -0.197. The zero-order valence-corrected chi connectivity index (χ0v) is 15.4. The van der Waals surface area contributed by atoms with Crippen molar-refractivity contribution in [3.05, 3.63) is 47.1 Å². The minimum atomic E-state index is -0.279. The molecule has 1 saturated carbocycles. The van der Waals surface area contributed by atoms with Crippen LogP contribution in [0.5, 0.6) is 0 Å². The van der Waals surface area contributed by atoms with E-state index in [2.05, 4.69) is 10.6 Å². The van der Waals surface area contributed by atoms with E-state index in [0.29, 0.717) is 18.0 Å². The molecule has 1 aliphatic carbocycles.